The van der Waals surface area contributed by atoms with Gasteiger partial charge < -0.3 is 9.62 Å². The van der Waals surface area contributed by atoms with Gasteiger partial charge >= 0.3 is 5.88 Å². The van der Waals surface area contributed by atoms with E-state index >= 15 is 0 Å². The molecule has 1 aromatic rings. The van der Waals surface area contributed by atoms with E-state index in [1.54, 1.807) is 0 Å². The van der Waals surface area contributed by atoms with Crippen LogP contribution in [0.5, 0.6) is 0 Å². The van der Waals surface area contributed by atoms with Crippen molar-refractivity contribution in [2.75, 3.05) is 6.54 Å². The Morgan fingerprint density at radius 2 is 2.21 bits per heavy atom. The Morgan fingerprint density at radius 1 is 1.50 bits per heavy atom. The fourth-order valence-corrected chi connectivity index (χ4v) is 0.937. The molecule has 0 fully saturated rings. The lowest BCUT2D eigenvalue weighted by Gasteiger charge is -1.98. The molecule has 0 saturated carbocycles. The first kappa shape index (κ1) is 10.2. The zero-order valence-corrected chi connectivity index (χ0v) is 7.67. The largest absolute Gasteiger partial charge is 0.624 e. The van der Waals surface area contributed by atoms with Crippen LogP contribution < -0.4 is 0 Å². The van der Waals surface area contributed by atoms with Crippen molar-refractivity contribution in [1.82, 2.24) is 0 Å². The number of nitrogens with zero attached hydrogens (tertiary/aromatic N) is 2. The highest BCUT2D eigenvalue weighted by Gasteiger charge is 2.11. The fraction of sp³-hybridized carbons (Fsp3) is 0.375. The molecule has 0 aliphatic rings. The van der Waals surface area contributed by atoms with Gasteiger partial charge in [0.25, 0.3) is 0 Å². The summed E-state index contributed by atoms with van der Waals surface area (Å²) < 4.78 is 5.45. The zero-order chi connectivity index (χ0) is 10.6. The van der Waals surface area contributed by atoms with Gasteiger partial charge in [0.1, 0.15) is 4.92 Å². The van der Waals surface area contributed by atoms with Crippen LogP contribution in [-0.4, -0.2) is 22.4 Å². The smallest absolute Gasteiger partial charge is 0.433 e. The Labute approximate surface area is 80.2 Å². The van der Waals surface area contributed by atoms with Gasteiger partial charge in [0.15, 0.2) is 12.3 Å². The van der Waals surface area contributed by atoms with E-state index in [1.807, 2.05) is 6.92 Å². The molecule has 0 saturated heterocycles. The van der Waals surface area contributed by atoms with Crippen LogP contribution in [0.25, 0.3) is 0 Å². The molecule has 0 atom stereocenters. The van der Waals surface area contributed by atoms with Crippen molar-refractivity contribution in [3.63, 3.8) is 0 Å². The Morgan fingerprint density at radius 3 is 2.71 bits per heavy atom. The summed E-state index contributed by atoms with van der Waals surface area (Å²) in [6.45, 7) is 2.21. The number of hydroxylamine groups is 1. The molecule has 0 radical (unpaired) electrons. The van der Waals surface area contributed by atoms with Crippen LogP contribution in [0.3, 0.4) is 0 Å². The van der Waals surface area contributed by atoms with Crippen molar-refractivity contribution in [2.24, 2.45) is 0 Å². The summed E-state index contributed by atoms with van der Waals surface area (Å²) >= 11 is 0. The monoisotopic (exact) mass is 198 g/mol. The molecular weight excluding hydrogens is 188 g/mol. The number of rotatable bonds is 4. The quantitative estimate of drug-likeness (QED) is 0.241. The molecule has 0 spiro atoms. The van der Waals surface area contributed by atoms with E-state index in [2.05, 4.69) is 0 Å². The van der Waals surface area contributed by atoms with E-state index in [1.165, 1.54) is 18.3 Å². The van der Waals surface area contributed by atoms with Crippen LogP contribution in [0.1, 0.15) is 19.1 Å². The molecule has 0 aliphatic carbocycles. The van der Waals surface area contributed by atoms with E-state index in [4.69, 9.17) is 4.42 Å². The molecule has 6 heteroatoms. The second-order valence-electron chi connectivity index (χ2n) is 2.70. The van der Waals surface area contributed by atoms with Gasteiger partial charge in [0.05, 0.1) is 6.07 Å². The number of hydrogen-bond acceptors (Lipinski definition) is 4. The highest BCUT2D eigenvalue weighted by Crippen LogP contribution is 2.13. The molecular formula is C8H10N2O4. The third-order valence-corrected chi connectivity index (χ3v) is 1.51. The summed E-state index contributed by atoms with van der Waals surface area (Å²) in [6, 6.07) is 2.60. The maximum Gasteiger partial charge on any atom is 0.433 e. The second kappa shape index (κ2) is 4.40. The summed E-state index contributed by atoms with van der Waals surface area (Å²) in [5.74, 6) is -0.165. The average Bonchev–Trinajstić information content (AvgIpc) is 2.53. The Balaban J connectivity index is 2.77. The topological polar surface area (TPSA) is 82.3 Å². The summed E-state index contributed by atoms with van der Waals surface area (Å²) in [5.41, 5.74) is 0. The van der Waals surface area contributed by atoms with E-state index in [-0.39, 0.29) is 11.6 Å². The summed E-state index contributed by atoms with van der Waals surface area (Å²) in [5, 5.41) is 21.3. The Bertz CT molecular complexity index is 356. The van der Waals surface area contributed by atoms with Crippen molar-refractivity contribution in [1.29, 1.82) is 0 Å². The third-order valence-electron chi connectivity index (χ3n) is 1.51. The normalized spacial score (nSPS) is 11.6. The minimum atomic E-state index is -0.647. The summed E-state index contributed by atoms with van der Waals surface area (Å²) in [6.07, 6.45) is 1.90. The van der Waals surface area contributed by atoms with Crippen LogP contribution in [0, 0.1) is 15.3 Å². The Hall–Kier alpha value is -1.85. The molecule has 0 aliphatic heterocycles. The van der Waals surface area contributed by atoms with Gasteiger partial charge in [-0.3, -0.25) is 10.1 Å². The molecule has 1 rings (SSSR count). The molecule has 0 unspecified atom stereocenters. The van der Waals surface area contributed by atoms with Gasteiger partial charge in [-0.15, -0.1) is 0 Å². The molecule has 6 nitrogen and oxygen atoms in total. The second-order valence-corrected chi connectivity index (χ2v) is 2.70. The van der Waals surface area contributed by atoms with Crippen LogP contribution >= 0.6 is 0 Å². The highest BCUT2D eigenvalue weighted by atomic mass is 16.6. The van der Waals surface area contributed by atoms with Gasteiger partial charge in [-0.25, -0.2) is 4.74 Å². The molecule has 0 amide bonds. The van der Waals surface area contributed by atoms with Crippen molar-refractivity contribution in [3.05, 3.63) is 33.2 Å². The lowest BCUT2D eigenvalue weighted by Crippen LogP contribution is -2.05. The summed E-state index contributed by atoms with van der Waals surface area (Å²) in [4.78, 5) is 9.59. The van der Waals surface area contributed by atoms with Gasteiger partial charge in [0, 0.05) is 6.42 Å². The third kappa shape index (κ3) is 2.58. The molecule has 0 bridgehead atoms. The van der Waals surface area contributed by atoms with E-state index < -0.39 is 4.92 Å². The highest BCUT2D eigenvalue weighted by molar-refractivity contribution is 5.71. The standard InChI is InChI=1S/C8H10N2O4/c1-2-5-9(11)6-7-3-4-8(14-7)10(12)13/h3-4,6H,2,5H2,1H3/b9-6+. The molecule has 1 aromatic heterocycles. The SMILES string of the molecule is CCC/[N+]([O-])=C\c1ccc([N+](=O)[O-])o1. The predicted octanol–water partition coefficient (Wildman–Crippen LogP) is 1.53. The lowest BCUT2D eigenvalue weighted by atomic mass is 10.4. The Kier molecular flexibility index (Phi) is 3.22. The molecule has 76 valence electrons. The van der Waals surface area contributed by atoms with Crippen LogP contribution in [0.2, 0.25) is 0 Å². The first-order valence-corrected chi connectivity index (χ1v) is 4.16. The maximum absolute atomic E-state index is 11.0. The van der Waals surface area contributed by atoms with Gasteiger partial charge in [-0.05, 0) is 6.07 Å². The van der Waals surface area contributed by atoms with Gasteiger partial charge in [-0.2, -0.15) is 0 Å². The molecule has 0 N–H and O–H groups in total. The van der Waals surface area contributed by atoms with E-state index in [0.717, 1.165) is 0 Å². The van der Waals surface area contributed by atoms with Gasteiger partial charge in [-0.1, -0.05) is 6.92 Å². The lowest BCUT2D eigenvalue weighted by molar-refractivity contribution is -0.452. The van der Waals surface area contributed by atoms with Crippen molar-refractivity contribution < 1.29 is 14.1 Å². The van der Waals surface area contributed by atoms with Crippen molar-refractivity contribution in [2.45, 2.75) is 13.3 Å². The summed E-state index contributed by atoms with van der Waals surface area (Å²) in [7, 11) is 0. The number of nitro groups is 1. The van der Waals surface area contributed by atoms with Crippen molar-refractivity contribution >= 4 is 12.1 Å². The molecule has 0 aromatic carbocycles. The van der Waals surface area contributed by atoms with Crippen LogP contribution in [0.15, 0.2) is 16.5 Å². The van der Waals surface area contributed by atoms with Crippen LogP contribution in [0.4, 0.5) is 5.88 Å². The minimum absolute atomic E-state index is 0.195. The average molecular weight is 198 g/mol. The molecule has 14 heavy (non-hydrogen) atoms. The zero-order valence-electron chi connectivity index (χ0n) is 7.67. The first-order chi connectivity index (χ1) is 6.63. The minimum Gasteiger partial charge on any atom is -0.624 e. The van der Waals surface area contributed by atoms with E-state index in [9.17, 15) is 15.3 Å². The van der Waals surface area contributed by atoms with Gasteiger partial charge in [0.2, 0.25) is 6.21 Å². The van der Waals surface area contributed by atoms with Crippen molar-refractivity contribution in [3.8, 4) is 0 Å². The first-order valence-electron chi connectivity index (χ1n) is 4.16. The molecule has 1 heterocycles. The van der Waals surface area contributed by atoms with E-state index in [0.29, 0.717) is 17.7 Å². The number of hydrogen-bond donors (Lipinski definition) is 0. The predicted molar refractivity (Wildman–Crippen MR) is 49.3 cm³/mol. The number of furan rings is 1. The fourth-order valence-electron chi connectivity index (χ4n) is 0.937. The van der Waals surface area contributed by atoms with Crippen LogP contribution in [-0.2, 0) is 0 Å². The maximum atomic E-state index is 11.0.